The first kappa shape index (κ1) is 27.2. The number of nitrogens with one attached hydrogen (secondary N) is 2. The standard InChI is InChI=1S/C22H29N3O3S2.ClH/c1-28-22(27)20(10-11-30-2)25-21(26)18-9-8-17(24-13-16(23)14-29)12-19(18)15-6-4-3-5-7-15;/h3-9,12,16,20,24,29H,10-11,13-14,23H2,1-2H3,(H,25,26);1H/t16?,20-;/m0./s1. The summed E-state index contributed by atoms with van der Waals surface area (Å²) in [6, 6.07) is 14.4. The van der Waals surface area contributed by atoms with Gasteiger partial charge in [0.05, 0.1) is 7.11 Å². The largest absolute Gasteiger partial charge is 0.467 e. The first-order valence-electron chi connectivity index (χ1n) is 9.67. The molecule has 0 aliphatic carbocycles. The molecule has 0 bridgehead atoms. The van der Waals surface area contributed by atoms with Gasteiger partial charge in [0.2, 0.25) is 0 Å². The Morgan fingerprint density at radius 3 is 2.52 bits per heavy atom. The van der Waals surface area contributed by atoms with Gasteiger partial charge in [0.25, 0.3) is 5.91 Å². The van der Waals surface area contributed by atoms with E-state index in [9.17, 15) is 9.59 Å². The second kappa shape index (κ2) is 14.2. The van der Waals surface area contributed by atoms with Crippen LogP contribution in [0.5, 0.6) is 0 Å². The van der Waals surface area contributed by atoms with Gasteiger partial charge in [-0.3, -0.25) is 4.79 Å². The third-order valence-electron chi connectivity index (χ3n) is 4.55. The van der Waals surface area contributed by atoms with Gasteiger partial charge in [-0.25, -0.2) is 4.79 Å². The average Bonchev–Trinajstić information content (AvgIpc) is 2.79. The van der Waals surface area contributed by atoms with Crippen LogP contribution in [0.15, 0.2) is 48.5 Å². The highest BCUT2D eigenvalue weighted by molar-refractivity contribution is 7.98. The van der Waals surface area contributed by atoms with Gasteiger partial charge in [-0.15, -0.1) is 12.4 Å². The highest BCUT2D eigenvalue weighted by Crippen LogP contribution is 2.27. The Labute approximate surface area is 199 Å². The van der Waals surface area contributed by atoms with E-state index < -0.39 is 12.0 Å². The molecule has 0 radical (unpaired) electrons. The minimum atomic E-state index is -0.690. The van der Waals surface area contributed by atoms with Crippen molar-refractivity contribution in [3.05, 3.63) is 54.1 Å². The summed E-state index contributed by atoms with van der Waals surface area (Å²) >= 11 is 5.82. The van der Waals surface area contributed by atoms with Crippen molar-refractivity contribution in [2.75, 3.05) is 36.7 Å². The van der Waals surface area contributed by atoms with Crippen molar-refractivity contribution >= 4 is 54.4 Å². The SMILES string of the molecule is COC(=O)[C@H](CCSC)NC(=O)c1ccc(NCC(N)CS)cc1-c1ccccc1.Cl. The first-order chi connectivity index (χ1) is 14.5. The summed E-state index contributed by atoms with van der Waals surface area (Å²) in [4.78, 5) is 25.2. The monoisotopic (exact) mass is 483 g/mol. The van der Waals surface area contributed by atoms with Gasteiger partial charge in [0.15, 0.2) is 0 Å². The second-order valence-electron chi connectivity index (χ2n) is 6.78. The van der Waals surface area contributed by atoms with E-state index in [0.29, 0.717) is 24.3 Å². The molecular formula is C22H30ClN3O3S2. The summed E-state index contributed by atoms with van der Waals surface area (Å²) in [6.07, 6.45) is 2.45. The fourth-order valence-electron chi connectivity index (χ4n) is 2.89. The van der Waals surface area contributed by atoms with E-state index in [1.807, 2.05) is 48.7 Å². The molecule has 2 aromatic carbocycles. The Hall–Kier alpha value is -1.87. The lowest BCUT2D eigenvalue weighted by Crippen LogP contribution is -2.42. The lowest BCUT2D eigenvalue weighted by Gasteiger charge is -2.19. The molecule has 0 fully saturated rings. The van der Waals surface area contributed by atoms with Gasteiger partial charge >= 0.3 is 5.97 Å². The zero-order valence-corrected chi connectivity index (χ0v) is 20.2. The zero-order valence-electron chi connectivity index (χ0n) is 17.7. The van der Waals surface area contributed by atoms with Gasteiger partial charge in [-0.2, -0.15) is 24.4 Å². The van der Waals surface area contributed by atoms with Crippen LogP contribution in [0.3, 0.4) is 0 Å². The molecule has 0 aliphatic heterocycles. The number of hydrogen-bond acceptors (Lipinski definition) is 7. The number of halogens is 1. The molecule has 0 aromatic heterocycles. The number of esters is 1. The number of thiol groups is 1. The number of thioether (sulfide) groups is 1. The maximum Gasteiger partial charge on any atom is 0.328 e. The fourth-order valence-corrected chi connectivity index (χ4v) is 3.49. The predicted molar refractivity (Wildman–Crippen MR) is 136 cm³/mol. The van der Waals surface area contributed by atoms with Crippen LogP contribution in [0.1, 0.15) is 16.8 Å². The Kier molecular flexibility index (Phi) is 12.5. The zero-order chi connectivity index (χ0) is 21.9. The number of methoxy groups -OCH3 is 1. The summed E-state index contributed by atoms with van der Waals surface area (Å²) < 4.78 is 4.85. The maximum absolute atomic E-state index is 13.1. The molecule has 31 heavy (non-hydrogen) atoms. The molecular weight excluding hydrogens is 454 g/mol. The molecule has 0 spiro atoms. The van der Waals surface area contributed by atoms with Crippen LogP contribution in [0.2, 0.25) is 0 Å². The predicted octanol–water partition coefficient (Wildman–Crippen LogP) is 3.47. The quantitative estimate of drug-likeness (QED) is 0.289. The summed E-state index contributed by atoms with van der Waals surface area (Å²) in [5, 5.41) is 6.12. The van der Waals surface area contributed by atoms with E-state index >= 15 is 0 Å². The molecule has 0 heterocycles. The number of carbonyl (C=O) groups is 2. The molecule has 0 saturated heterocycles. The smallest absolute Gasteiger partial charge is 0.328 e. The van der Waals surface area contributed by atoms with Crippen molar-refractivity contribution in [1.29, 1.82) is 0 Å². The van der Waals surface area contributed by atoms with Crippen LogP contribution in [-0.4, -0.2) is 55.4 Å². The summed E-state index contributed by atoms with van der Waals surface area (Å²) in [5.41, 5.74) is 8.96. The Morgan fingerprint density at radius 1 is 1.19 bits per heavy atom. The second-order valence-corrected chi connectivity index (χ2v) is 8.13. The molecule has 2 atom stereocenters. The Bertz CT molecular complexity index is 840. The summed E-state index contributed by atoms with van der Waals surface area (Å²) in [6.45, 7) is 0.572. The molecule has 6 nitrogen and oxygen atoms in total. The van der Waals surface area contributed by atoms with Crippen molar-refractivity contribution in [2.45, 2.75) is 18.5 Å². The number of nitrogens with two attached hydrogens (primary N) is 1. The third-order valence-corrected chi connectivity index (χ3v) is 5.67. The minimum Gasteiger partial charge on any atom is -0.467 e. The fraction of sp³-hybridized carbons (Fsp3) is 0.364. The number of carbonyl (C=O) groups excluding carboxylic acids is 2. The van der Waals surface area contributed by atoms with Gasteiger partial charge in [0, 0.05) is 29.6 Å². The molecule has 1 unspecified atom stereocenters. The van der Waals surface area contributed by atoms with Crippen LogP contribution < -0.4 is 16.4 Å². The first-order valence-corrected chi connectivity index (χ1v) is 11.7. The lowest BCUT2D eigenvalue weighted by atomic mass is 9.98. The molecule has 170 valence electrons. The number of ether oxygens (including phenoxy) is 1. The van der Waals surface area contributed by atoms with Gasteiger partial charge in [-0.05, 0) is 47.8 Å². The van der Waals surface area contributed by atoms with E-state index in [1.54, 1.807) is 17.8 Å². The third kappa shape index (κ3) is 8.29. The number of hydrogen-bond donors (Lipinski definition) is 4. The van der Waals surface area contributed by atoms with Crippen molar-refractivity contribution in [1.82, 2.24) is 5.32 Å². The van der Waals surface area contributed by atoms with Crippen molar-refractivity contribution < 1.29 is 14.3 Å². The number of benzene rings is 2. The summed E-state index contributed by atoms with van der Waals surface area (Å²) in [5.74, 6) is 0.547. The topological polar surface area (TPSA) is 93.4 Å². The molecule has 4 N–H and O–H groups in total. The highest BCUT2D eigenvalue weighted by Gasteiger charge is 2.23. The van der Waals surface area contributed by atoms with E-state index in [1.165, 1.54) is 7.11 Å². The molecule has 0 saturated carbocycles. The maximum atomic E-state index is 13.1. The Balaban J connectivity index is 0.00000480. The molecule has 2 rings (SSSR count). The normalized spacial score (nSPS) is 12.3. The molecule has 1 amide bonds. The van der Waals surface area contributed by atoms with Crippen molar-refractivity contribution in [3.63, 3.8) is 0 Å². The van der Waals surface area contributed by atoms with E-state index in [2.05, 4.69) is 23.3 Å². The Morgan fingerprint density at radius 2 is 1.90 bits per heavy atom. The van der Waals surface area contributed by atoms with E-state index in [0.717, 1.165) is 22.6 Å². The van der Waals surface area contributed by atoms with E-state index in [-0.39, 0.29) is 24.4 Å². The van der Waals surface area contributed by atoms with Gasteiger partial charge < -0.3 is 21.1 Å². The molecule has 2 aromatic rings. The molecule has 9 heteroatoms. The lowest BCUT2D eigenvalue weighted by molar-refractivity contribution is -0.142. The van der Waals surface area contributed by atoms with Crippen molar-refractivity contribution in [3.8, 4) is 11.1 Å². The van der Waals surface area contributed by atoms with Crippen LogP contribution in [-0.2, 0) is 9.53 Å². The molecule has 0 aliphatic rings. The minimum absolute atomic E-state index is 0. The van der Waals surface area contributed by atoms with Gasteiger partial charge in [-0.1, -0.05) is 30.3 Å². The van der Waals surface area contributed by atoms with Crippen LogP contribution in [0.4, 0.5) is 5.69 Å². The number of anilines is 1. The number of rotatable bonds is 11. The van der Waals surface area contributed by atoms with Crippen LogP contribution in [0.25, 0.3) is 11.1 Å². The van der Waals surface area contributed by atoms with Gasteiger partial charge in [0.1, 0.15) is 6.04 Å². The average molecular weight is 484 g/mol. The van der Waals surface area contributed by atoms with Crippen LogP contribution >= 0.6 is 36.8 Å². The van der Waals surface area contributed by atoms with Crippen molar-refractivity contribution in [2.24, 2.45) is 5.73 Å². The highest BCUT2D eigenvalue weighted by atomic mass is 35.5. The number of amides is 1. The van der Waals surface area contributed by atoms with E-state index in [4.69, 9.17) is 10.5 Å². The van der Waals surface area contributed by atoms with Crippen LogP contribution in [0, 0.1) is 0 Å². The summed E-state index contributed by atoms with van der Waals surface area (Å²) in [7, 11) is 1.33.